The summed E-state index contributed by atoms with van der Waals surface area (Å²) in [7, 11) is -2.22. The standard InChI is InChI=1S/C23H36N4O6S/c1-5-6-13-27(4)19(14-18-7-9-20(10-8-18)33-16-21(24)28)15-25-12-11-22(29)26-23(2,3)17-34(30,31)32/h7-10,19,25H,11-17H2,1-4H3,(H2,24,28)(H,26,29)(H,30,31,32)/t19-/m0/s1. The van der Waals surface area contributed by atoms with E-state index in [9.17, 15) is 18.0 Å². The molecule has 0 aliphatic rings. The van der Waals surface area contributed by atoms with Crippen molar-refractivity contribution < 1.29 is 27.3 Å². The van der Waals surface area contributed by atoms with Gasteiger partial charge in [-0.25, -0.2) is 0 Å². The van der Waals surface area contributed by atoms with Crippen LogP contribution in [0.15, 0.2) is 24.3 Å². The predicted molar refractivity (Wildman–Crippen MR) is 131 cm³/mol. The zero-order valence-corrected chi connectivity index (χ0v) is 21.1. The lowest BCUT2D eigenvalue weighted by atomic mass is 10.0. The molecular formula is C23H36N4O6S. The molecule has 1 atom stereocenters. The predicted octanol–water partition coefficient (Wildman–Crippen LogP) is 0.179. The summed E-state index contributed by atoms with van der Waals surface area (Å²) in [5.74, 6) is 5.10. The number of benzene rings is 1. The first-order valence-electron chi connectivity index (χ1n) is 10.9. The van der Waals surface area contributed by atoms with Gasteiger partial charge in [-0.05, 0) is 51.9 Å². The van der Waals surface area contributed by atoms with Crippen LogP contribution in [0.3, 0.4) is 0 Å². The zero-order chi connectivity index (χ0) is 25.8. The van der Waals surface area contributed by atoms with E-state index in [0.717, 1.165) is 12.0 Å². The molecule has 2 amide bonds. The topological polar surface area (TPSA) is 151 Å². The minimum absolute atomic E-state index is 0.0947. The van der Waals surface area contributed by atoms with Crippen LogP contribution in [0.25, 0.3) is 0 Å². The molecule has 1 aromatic carbocycles. The van der Waals surface area contributed by atoms with E-state index >= 15 is 0 Å². The van der Waals surface area contributed by atoms with Crippen molar-refractivity contribution in [3.05, 3.63) is 29.8 Å². The lowest BCUT2D eigenvalue weighted by Gasteiger charge is -2.27. The minimum atomic E-state index is -4.20. The molecule has 0 unspecified atom stereocenters. The first-order chi connectivity index (χ1) is 15.8. The Balaban J connectivity index is 2.63. The Labute approximate surface area is 202 Å². The number of hydrogen-bond donors (Lipinski definition) is 4. The lowest BCUT2D eigenvalue weighted by Crippen LogP contribution is -2.49. The summed E-state index contributed by atoms with van der Waals surface area (Å²) in [4.78, 5) is 25.2. The number of nitrogens with zero attached hydrogens (tertiary/aromatic N) is 1. The highest BCUT2D eigenvalue weighted by molar-refractivity contribution is 7.85. The van der Waals surface area contributed by atoms with Crippen LogP contribution in [0.2, 0.25) is 0 Å². The fraction of sp³-hybridized carbons (Fsp3) is 0.565. The molecule has 0 aliphatic carbocycles. The number of carbonyl (C=O) groups excluding carboxylic acids is 2. The highest BCUT2D eigenvalue weighted by atomic mass is 32.2. The molecule has 1 aromatic rings. The van der Waals surface area contributed by atoms with Gasteiger partial charge in [0.15, 0.2) is 6.61 Å². The molecule has 190 valence electrons. The van der Waals surface area contributed by atoms with E-state index < -0.39 is 27.3 Å². The van der Waals surface area contributed by atoms with Crippen molar-refractivity contribution in [3.63, 3.8) is 0 Å². The summed E-state index contributed by atoms with van der Waals surface area (Å²) in [6, 6.07) is 7.51. The molecule has 10 nitrogen and oxygen atoms in total. The molecule has 0 fully saturated rings. The Bertz CT molecular complexity index is 967. The van der Waals surface area contributed by atoms with Gasteiger partial charge < -0.3 is 21.1 Å². The Morgan fingerprint density at radius 1 is 1.26 bits per heavy atom. The van der Waals surface area contributed by atoms with Gasteiger partial charge in [0.05, 0.1) is 17.8 Å². The fourth-order valence-corrected chi connectivity index (χ4v) is 4.25. The zero-order valence-electron chi connectivity index (χ0n) is 20.3. The van der Waals surface area contributed by atoms with Crippen molar-refractivity contribution in [3.8, 4) is 17.6 Å². The Morgan fingerprint density at radius 3 is 2.47 bits per heavy atom. The quantitative estimate of drug-likeness (QED) is 0.152. The number of carbonyl (C=O) groups is 2. The Morgan fingerprint density at radius 2 is 1.91 bits per heavy atom. The SMILES string of the molecule is CC#CCN(C)[C@H](CNCCC(=O)NC(C)(C)CS(=O)(=O)O)Cc1ccc(OCC(N)=O)cc1. The summed E-state index contributed by atoms with van der Waals surface area (Å²) in [5.41, 5.74) is 5.09. The maximum atomic E-state index is 12.2. The summed E-state index contributed by atoms with van der Waals surface area (Å²) in [6.45, 7) is 6.28. The van der Waals surface area contributed by atoms with E-state index in [1.54, 1.807) is 19.1 Å². The number of primary amides is 1. The average Bonchev–Trinajstić information content (AvgIpc) is 2.71. The second-order valence-corrected chi connectivity index (χ2v) is 10.2. The third-order valence-electron chi connectivity index (χ3n) is 4.83. The van der Waals surface area contributed by atoms with Crippen LogP contribution in [-0.2, 0) is 26.1 Å². The molecule has 34 heavy (non-hydrogen) atoms. The van der Waals surface area contributed by atoms with Gasteiger partial charge in [0.1, 0.15) is 5.75 Å². The number of likely N-dealkylation sites (N-methyl/N-ethyl adjacent to an activating group) is 1. The molecule has 11 heteroatoms. The van der Waals surface area contributed by atoms with Gasteiger partial charge >= 0.3 is 0 Å². The van der Waals surface area contributed by atoms with Crippen LogP contribution in [0.4, 0.5) is 0 Å². The summed E-state index contributed by atoms with van der Waals surface area (Å²) >= 11 is 0. The van der Waals surface area contributed by atoms with Gasteiger partial charge in [0, 0.05) is 25.6 Å². The largest absolute Gasteiger partial charge is 0.484 e. The van der Waals surface area contributed by atoms with Crippen LogP contribution in [0.5, 0.6) is 5.75 Å². The van der Waals surface area contributed by atoms with E-state index in [2.05, 4.69) is 27.4 Å². The van der Waals surface area contributed by atoms with Crippen LogP contribution in [0, 0.1) is 11.8 Å². The summed E-state index contributed by atoms with van der Waals surface area (Å²) < 4.78 is 36.5. The van der Waals surface area contributed by atoms with Gasteiger partial charge in [0.2, 0.25) is 5.91 Å². The van der Waals surface area contributed by atoms with Crippen molar-refractivity contribution in [2.45, 2.75) is 45.2 Å². The Hall–Kier alpha value is -2.65. The van der Waals surface area contributed by atoms with Crippen molar-refractivity contribution >= 4 is 21.9 Å². The number of nitrogens with one attached hydrogen (secondary N) is 2. The second-order valence-electron chi connectivity index (χ2n) is 8.71. The smallest absolute Gasteiger partial charge is 0.267 e. The van der Waals surface area contributed by atoms with E-state index in [-0.39, 0.29) is 25.0 Å². The Kier molecular flexibility index (Phi) is 12.0. The van der Waals surface area contributed by atoms with Crippen LogP contribution in [-0.4, -0.2) is 80.3 Å². The molecule has 0 saturated heterocycles. The van der Waals surface area contributed by atoms with Gasteiger partial charge in [-0.15, -0.1) is 5.92 Å². The fourth-order valence-electron chi connectivity index (χ4n) is 3.27. The second kappa shape index (κ2) is 13.9. The molecule has 0 saturated carbocycles. The van der Waals surface area contributed by atoms with Crippen molar-refractivity contribution in [2.24, 2.45) is 5.73 Å². The third-order valence-corrected chi connectivity index (χ3v) is 5.92. The van der Waals surface area contributed by atoms with E-state index in [0.29, 0.717) is 25.4 Å². The van der Waals surface area contributed by atoms with E-state index in [1.807, 2.05) is 19.2 Å². The third kappa shape index (κ3) is 13.2. The molecule has 0 radical (unpaired) electrons. The van der Waals surface area contributed by atoms with Crippen LogP contribution >= 0.6 is 0 Å². The molecule has 0 heterocycles. The highest BCUT2D eigenvalue weighted by Crippen LogP contribution is 2.15. The first kappa shape index (κ1) is 29.4. The number of hydrogen-bond acceptors (Lipinski definition) is 7. The molecule has 1 rings (SSSR count). The van der Waals surface area contributed by atoms with Crippen molar-refractivity contribution in [1.29, 1.82) is 0 Å². The monoisotopic (exact) mass is 496 g/mol. The number of amides is 2. The van der Waals surface area contributed by atoms with Crippen molar-refractivity contribution in [2.75, 3.05) is 39.0 Å². The summed E-state index contributed by atoms with van der Waals surface area (Å²) in [5, 5.41) is 5.90. The molecule has 0 bridgehead atoms. The van der Waals surface area contributed by atoms with Gasteiger partial charge in [0.25, 0.3) is 16.0 Å². The van der Waals surface area contributed by atoms with Crippen LogP contribution in [0.1, 0.15) is 32.8 Å². The normalized spacial score (nSPS) is 12.5. The maximum Gasteiger partial charge on any atom is 0.267 e. The molecule has 0 spiro atoms. The molecular weight excluding hydrogens is 460 g/mol. The van der Waals surface area contributed by atoms with Crippen molar-refractivity contribution in [1.82, 2.24) is 15.5 Å². The molecule has 0 aromatic heterocycles. The number of rotatable bonds is 15. The van der Waals surface area contributed by atoms with Crippen LogP contribution < -0.4 is 21.1 Å². The van der Waals surface area contributed by atoms with Gasteiger partial charge in [-0.2, -0.15) is 8.42 Å². The molecule has 0 aliphatic heterocycles. The number of ether oxygens (including phenoxy) is 1. The van der Waals surface area contributed by atoms with E-state index in [1.165, 1.54) is 13.8 Å². The molecule has 5 N–H and O–H groups in total. The highest BCUT2D eigenvalue weighted by Gasteiger charge is 2.26. The maximum absolute atomic E-state index is 12.2. The lowest BCUT2D eigenvalue weighted by molar-refractivity contribution is -0.122. The average molecular weight is 497 g/mol. The van der Waals surface area contributed by atoms with Gasteiger partial charge in [-0.1, -0.05) is 18.1 Å². The first-order valence-corrected chi connectivity index (χ1v) is 12.5. The summed E-state index contributed by atoms with van der Waals surface area (Å²) in [6.07, 6.45) is 0.880. The number of nitrogens with two attached hydrogens (primary N) is 1. The minimum Gasteiger partial charge on any atom is -0.484 e. The van der Waals surface area contributed by atoms with Gasteiger partial charge in [-0.3, -0.25) is 19.0 Å². The van der Waals surface area contributed by atoms with E-state index in [4.69, 9.17) is 15.0 Å².